The Kier molecular flexibility index (Phi) is 6.00. The van der Waals surface area contributed by atoms with Crippen molar-refractivity contribution >= 4 is 34.6 Å². The van der Waals surface area contributed by atoms with E-state index in [4.69, 9.17) is 9.72 Å². The molecule has 0 aliphatic carbocycles. The second kappa shape index (κ2) is 9.01. The molecule has 4 aromatic rings. The van der Waals surface area contributed by atoms with Gasteiger partial charge in [0.1, 0.15) is 0 Å². The second-order valence-corrected chi connectivity index (χ2v) is 7.80. The summed E-state index contributed by atoms with van der Waals surface area (Å²) in [6.07, 6.45) is 3.77. The molecule has 0 aliphatic heterocycles. The number of fused-ring (bicyclic) bond motifs is 1. The molecule has 0 saturated heterocycles. The van der Waals surface area contributed by atoms with Crippen molar-refractivity contribution in [3.8, 4) is 0 Å². The first-order valence-electron chi connectivity index (χ1n) is 9.65. The number of carbonyl (C=O) groups is 1. The Morgan fingerprint density at radius 3 is 2.63 bits per heavy atom. The van der Waals surface area contributed by atoms with E-state index in [-0.39, 0.29) is 5.97 Å². The van der Waals surface area contributed by atoms with Crippen molar-refractivity contribution in [2.24, 2.45) is 0 Å². The average Bonchev–Trinajstić information content (AvgIpc) is 3.19. The SMILES string of the molecule is C=Cc1cn(Cc2cccc3ccccc23)c(SCc2ccccc2C(=O)OC)n1. The van der Waals surface area contributed by atoms with Gasteiger partial charge in [-0.1, -0.05) is 79.0 Å². The summed E-state index contributed by atoms with van der Waals surface area (Å²) in [5.41, 5.74) is 3.58. The lowest BCUT2D eigenvalue weighted by Crippen LogP contribution is -2.05. The van der Waals surface area contributed by atoms with E-state index in [0.717, 1.165) is 16.4 Å². The zero-order valence-corrected chi connectivity index (χ0v) is 17.6. The lowest BCUT2D eigenvalue weighted by atomic mass is 10.0. The zero-order valence-electron chi connectivity index (χ0n) is 16.7. The number of nitrogens with zero attached hydrogens (tertiary/aromatic N) is 2. The van der Waals surface area contributed by atoms with Crippen LogP contribution in [0.25, 0.3) is 16.8 Å². The molecule has 5 heteroatoms. The summed E-state index contributed by atoms with van der Waals surface area (Å²) < 4.78 is 7.05. The minimum absolute atomic E-state index is 0.322. The summed E-state index contributed by atoms with van der Waals surface area (Å²) in [5.74, 6) is 0.297. The van der Waals surface area contributed by atoms with Crippen LogP contribution in [0.2, 0.25) is 0 Å². The number of benzene rings is 3. The van der Waals surface area contributed by atoms with Crippen molar-refractivity contribution in [3.63, 3.8) is 0 Å². The fraction of sp³-hybridized carbons (Fsp3) is 0.120. The summed E-state index contributed by atoms with van der Waals surface area (Å²) in [4.78, 5) is 16.8. The number of hydrogen-bond donors (Lipinski definition) is 0. The molecule has 0 saturated carbocycles. The highest BCUT2D eigenvalue weighted by atomic mass is 32.2. The smallest absolute Gasteiger partial charge is 0.338 e. The van der Waals surface area contributed by atoms with Crippen LogP contribution in [0, 0.1) is 0 Å². The van der Waals surface area contributed by atoms with E-state index in [1.165, 1.54) is 23.4 Å². The van der Waals surface area contributed by atoms with Gasteiger partial charge >= 0.3 is 5.97 Å². The molecule has 0 amide bonds. The Bertz CT molecular complexity index is 1210. The first kappa shape index (κ1) is 20.0. The second-order valence-electron chi connectivity index (χ2n) is 6.86. The molecule has 1 heterocycles. The maximum atomic E-state index is 12.1. The van der Waals surface area contributed by atoms with Crippen molar-refractivity contribution in [2.75, 3.05) is 7.11 Å². The van der Waals surface area contributed by atoms with Crippen LogP contribution in [0.15, 0.2) is 84.7 Å². The molecule has 0 unspecified atom stereocenters. The van der Waals surface area contributed by atoms with E-state index < -0.39 is 0 Å². The number of rotatable bonds is 7. The number of ether oxygens (including phenoxy) is 1. The zero-order chi connectivity index (χ0) is 20.9. The van der Waals surface area contributed by atoms with Gasteiger partial charge in [0.2, 0.25) is 0 Å². The topological polar surface area (TPSA) is 44.1 Å². The summed E-state index contributed by atoms with van der Waals surface area (Å²) >= 11 is 1.60. The van der Waals surface area contributed by atoms with Gasteiger partial charge < -0.3 is 9.30 Å². The Morgan fingerprint density at radius 1 is 1.07 bits per heavy atom. The maximum absolute atomic E-state index is 12.1. The van der Waals surface area contributed by atoms with E-state index in [1.807, 2.05) is 24.4 Å². The molecule has 0 spiro atoms. The normalized spacial score (nSPS) is 10.8. The number of carbonyl (C=O) groups excluding carboxylic acids is 1. The highest BCUT2D eigenvalue weighted by Crippen LogP contribution is 2.27. The third kappa shape index (κ3) is 4.16. The van der Waals surface area contributed by atoms with Crippen molar-refractivity contribution < 1.29 is 9.53 Å². The molecule has 3 aromatic carbocycles. The third-order valence-corrected chi connectivity index (χ3v) is 6.01. The predicted octanol–water partition coefficient (Wildman–Crippen LogP) is 5.81. The number of thioether (sulfide) groups is 1. The Morgan fingerprint density at radius 2 is 1.80 bits per heavy atom. The van der Waals surface area contributed by atoms with E-state index in [9.17, 15) is 4.79 Å². The highest BCUT2D eigenvalue weighted by molar-refractivity contribution is 7.98. The van der Waals surface area contributed by atoms with Crippen molar-refractivity contribution in [2.45, 2.75) is 17.5 Å². The summed E-state index contributed by atoms with van der Waals surface area (Å²) in [6, 6.07) is 22.3. The van der Waals surface area contributed by atoms with Crippen LogP contribution in [0.4, 0.5) is 0 Å². The minimum Gasteiger partial charge on any atom is -0.465 e. The van der Waals surface area contributed by atoms with Crippen LogP contribution in [0.5, 0.6) is 0 Å². The Labute approximate surface area is 180 Å². The first-order chi connectivity index (χ1) is 14.7. The van der Waals surface area contributed by atoms with Crippen molar-refractivity contribution in [1.82, 2.24) is 9.55 Å². The van der Waals surface area contributed by atoms with E-state index in [2.05, 4.69) is 53.6 Å². The molecular weight excluding hydrogens is 392 g/mol. The van der Waals surface area contributed by atoms with Crippen LogP contribution in [-0.4, -0.2) is 22.6 Å². The average molecular weight is 415 g/mol. The molecule has 150 valence electrons. The molecule has 30 heavy (non-hydrogen) atoms. The molecule has 1 aromatic heterocycles. The Balaban J connectivity index is 1.62. The summed E-state index contributed by atoms with van der Waals surface area (Å²) in [5, 5.41) is 3.35. The van der Waals surface area contributed by atoms with Gasteiger partial charge in [0, 0.05) is 11.9 Å². The summed E-state index contributed by atoms with van der Waals surface area (Å²) in [7, 11) is 1.40. The predicted molar refractivity (Wildman–Crippen MR) is 123 cm³/mol. The van der Waals surface area contributed by atoms with Gasteiger partial charge in [0.25, 0.3) is 0 Å². The largest absolute Gasteiger partial charge is 0.465 e. The third-order valence-electron chi connectivity index (χ3n) is 4.97. The van der Waals surface area contributed by atoms with Crippen LogP contribution >= 0.6 is 11.8 Å². The minimum atomic E-state index is -0.322. The first-order valence-corrected chi connectivity index (χ1v) is 10.6. The van der Waals surface area contributed by atoms with Gasteiger partial charge in [-0.2, -0.15) is 0 Å². The molecule has 0 fully saturated rings. The number of methoxy groups -OCH3 is 1. The van der Waals surface area contributed by atoms with Gasteiger partial charge in [-0.05, 0) is 34.0 Å². The van der Waals surface area contributed by atoms with Crippen molar-refractivity contribution in [3.05, 3.63) is 102 Å². The number of aromatic nitrogens is 2. The molecule has 4 nitrogen and oxygen atoms in total. The van der Waals surface area contributed by atoms with Crippen LogP contribution in [-0.2, 0) is 17.0 Å². The Hall–Kier alpha value is -3.31. The number of imidazole rings is 1. The lowest BCUT2D eigenvalue weighted by Gasteiger charge is -2.11. The fourth-order valence-electron chi connectivity index (χ4n) is 3.46. The number of esters is 1. The van der Waals surface area contributed by atoms with E-state index >= 15 is 0 Å². The summed E-state index contributed by atoms with van der Waals surface area (Å²) in [6.45, 7) is 4.57. The lowest BCUT2D eigenvalue weighted by molar-refractivity contribution is 0.0600. The van der Waals surface area contributed by atoms with Gasteiger partial charge in [0.05, 0.1) is 24.9 Å². The van der Waals surface area contributed by atoms with Crippen LogP contribution in [0.3, 0.4) is 0 Å². The maximum Gasteiger partial charge on any atom is 0.338 e. The molecule has 0 N–H and O–H groups in total. The molecule has 4 rings (SSSR count). The van der Waals surface area contributed by atoms with E-state index in [0.29, 0.717) is 17.9 Å². The molecule has 0 bridgehead atoms. The molecular formula is C25H22N2O2S. The molecule has 0 radical (unpaired) electrons. The quantitative estimate of drug-likeness (QED) is 0.283. The van der Waals surface area contributed by atoms with Gasteiger partial charge in [-0.25, -0.2) is 9.78 Å². The standard InChI is InChI=1S/C25H22N2O2S/c1-3-21-16-27(15-19-12-8-11-18-9-4-6-13-22(18)19)25(26-21)30-17-20-10-5-7-14-23(20)24(28)29-2/h3-14,16H,1,15,17H2,2H3. The van der Waals surface area contributed by atoms with Gasteiger partial charge in [-0.3, -0.25) is 0 Å². The van der Waals surface area contributed by atoms with Gasteiger partial charge in [0.15, 0.2) is 5.16 Å². The molecule has 0 atom stereocenters. The highest BCUT2D eigenvalue weighted by Gasteiger charge is 2.14. The number of hydrogen-bond acceptors (Lipinski definition) is 4. The van der Waals surface area contributed by atoms with Crippen LogP contribution in [0.1, 0.15) is 27.2 Å². The monoisotopic (exact) mass is 414 g/mol. The fourth-order valence-corrected chi connectivity index (χ4v) is 4.45. The van der Waals surface area contributed by atoms with Crippen LogP contribution < -0.4 is 0 Å². The molecule has 0 aliphatic rings. The van der Waals surface area contributed by atoms with Gasteiger partial charge in [-0.15, -0.1) is 0 Å². The van der Waals surface area contributed by atoms with Crippen molar-refractivity contribution in [1.29, 1.82) is 0 Å². The van der Waals surface area contributed by atoms with E-state index in [1.54, 1.807) is 23.9 Å².